The molecule has 0 saturated carbocycles. The fourth-order valence-corrected chi connectivity index (χ4v) is 1.75. The van der Waals surface area contributed by atoms with Gasteiger partial charge < -0.3 is 4.74 Å². The van der Waals surface area contributed by atoms with Crippen LogP contribution in [-0.4, -0.2) is 38.7 Å². The lowest BCUT2D eigenvalue weighted by Crippen LogP contribution is -2.40. The highest BCUT2D eigenvalue weighted by Crippen LogP contribution is 2.22. The molecule has 0 saturated heterocycles. The number of hydrogen-bond acceptors (Lipinski definition) is 5. The number of aryl methyl sites for hydroxylation is 1. The minimum atomic E-state index is -0.709. The summed E-state index contributed by atoms with van der Waals surface area (Å²) in [7, 11) is 3.24. The number of tetrazole rings is 1. The quantitative estimate of drug-likeness (QED) is 0.707. The zero-order valence-electron chi connectivity index (χ0n) is 10.2. The van der Waals surface area contributed by atoms with E-state index >= 15 is 0 Å². The lowest BCUT2D eigenvalue weighted by Gasteiger charge is -2.27. The molecule has 0 aromatic carbocycles. The van der Waals surface area contributed by atoms with Crippen LogP contribution in [0.15, 0.2) is 0 Å². The van der Waals surface area contributed by atoms with E-state index in [2.05, 4.69) is 15.4 Å². The molecular weight excluding hydrogens is 208 g/mol. The van der Waals surface area contributed by atoms with E-state index in [4.69, 9.17) is 4.74 Å². The smallest absolute Gasteiger partial charge is 0.182 e. The fourth-order valence-electron chi connectivity index (χ4n) is 1.75. The van der Waals surface area contributed by atoms with Crippen molar-refractivity contribution in [3.8, 4) is 0 Å². The number of hydrogen-bond donors (Lipinski definition) is 0. The molecule has 0 aliphatic rings. The van der Waals surface area contributed by atoms with Crippen LogP contribution in [0.25, 0.3) is 0 Å². The van der Waals surface area contributed by atoms with Crippen molar-refractivity contribution in [3.63, 3.8) is 0 Å². The second-order valence-electron chi connectivity index (χ2n) is 3.70. The summed E-state index contributed by atoms with van der Waals surface area (Å²) in [5, 5.41) is 11.5. The van der Waals surface area contributed by atoms with Gasteiger partial charge in [0.1, 0.15) is 5.60 Å². The maximum Gasteiger partial charge on any atom is 0.182 e. The second kappa shape index (κ2) is 5.16. The van der Waals surface area contributed by atoms with Gasteiger partial charge in [0.2, 0.25) is 0 Å². The third-order valence-electron chi connectivity index (χ3n) is 2.91. The summed E-state index contributed by atoms with van der Waals surface area (Å²) in [6.45, 7) is 3.88. The number of ketones is 1. The van der Waals surface area contributed by atoms with Crippen molar-refractivity contribution in [2.75, 3.05) is 7.11 Å². The number of ether oxygens (including phenoxy) is 1. The van der Waals surface area contributed by atoms with E-state index in [9.17, 15) is 4.79 Å². The van der Waals surface area contributed by atoms with Gasteiger partial charge in [-0.15, -0.1) is 10.2 Å². The Morgan fingerprint density at radius 2 is 2.06 bits per heavy atom. The molecule has 0 N–H and O–H groups in total. The molecule has 6 heteroatoms. The molecule has 1 heterocycles. The van der Waals surface area contributed by atoms with E-state index in [1.807, 2.05) is 13.8 Å². The van der Waals surface area contributed by atoms with Crippen LogP contribution in [0.2, 0.25) is 0 Å². The van der Waals surface area contributed by atoms with Crippen molar-refractivity contribution in [1.29, 1.82) is 0 Å². The summed E-state index contributed by atoms with van der Waals surface area (Å²) in [6.07, 6.45) is 1.47. The first-order chi connectivity index (χ1) is 7.57. The Hall–Kier alpha value is -1.30. The summed E-state index contributed by atoms with van der Waals surface area (Å²) in [6, 6.07) is 0. The number of rotatable bonds is 6. The van der Waals surface area contributed by atoms with Crippen molar-refractivity contribution < 1.29 is 9.53 Å². The summed E-state index contributed by atoms with van der Waals surface area (Å²) in [5.41, 5.74) is -0.709. The summed E-state index contributed by atoms with van der Waals surface area (Å²) in [5.74, 6) is 0.448. The number of carbonyl (C=O) groups excluding carboxylic acids is 1. The molecular formula is C10H18N4O2. The molecule has 0 radical (unpaired) electrons. The van der Waals surface area contributed by atoms with Crippen molar-refractivity contribution in [3.05, 3.63) is 5.82 Å². The third kappa shape index (κ3) is 2.44. The highest BCUT2D eigenvalue weighted by molar-refractivity contribution is 5.88. The first-order valence-corrected chi connectivity index (χ1v) is 5.39. The van der Waals surface area contributed by atoms with Gasteiger partial charge in [0.15, 0.2) is 11.6 Å². The lowest BCUT2D eigenvalue weighted by molar-refractivity contribution is -0.141. The highest BCUT2D eigenvalue weighted by Gasteiger charge is 2.34. The first kappa shape index (κ1) is 12.8. The Bertz CT molecular complexity index is 349. The van der Waals surface area contributed by atoms with Gasteiger partial charge in [0.25, 0.3) is 0 Å². The molecule has 0 spiro atoms. The van der Waals surface area contributed by atoms with Gasteiger partial charge in [-0.1, -0.05) is 13.8 Å². The fraction of sp³-hybridized carbons (Fsp3) is 0.800. The van der Waals surface area contributed by atoms with Gasteiger partial charge in [-0.3, -0.25) is 4.79 Å². The zero-order valence-corrected chi connectivity index (χ0v) is 10.2. The molecule has 1 rings (SSSR count). The molecule has 16 heavy (non-hydrogen) atoms. The van der Waals surface area contributed by atoms with Gasteiger partial charge in [-0.25, -0.2) is 0 Å². The standard InChI is InChI=1S/C10H18N4O2/c1-5-10(6-2,16-4)8(15)7-9-11-13-14(3)12-9/h5-7H2,1-4H3. The normalized spacial score (nSPS) is 11.8. The Labute approximate surface area is 95.0 Å². The number of nitrogens with zero attached hydrogens (tertiary/aromatic N) is 4. The van der Waals surface area contributed by atoms with E-state index in [0.29, 0.717) is 18.7 Å². The Kier molecular flexibility index (Phi) is 4.12. The predicted molar refractivity (Wildman–Crippen MR) is 57.8 cm³/mol. The third-order valence-corrected chi connectivity index (χ3v) is 2.91. The van der Waals surface area contributed by atoms with Gasteiger partial charge >= 0.3 is 0 Å². The van der Waals surface area contributed by atoms with Crippen molar-refractivity contribution in [1.82, 2.24) is 20.2 Å². The number of aromatic nitrogens is 4. The molecule has 0 aliphatic heterocycles. The molecule has 0 aliphatic carbocycles. The molecule has 6 nitrogen and oxygen atoms in total. The molecule has 0 amide bonds. The van der Waals surface area contributed by atoms with Gasteiger partial charge in [0.05, 0.1) is 13.5 Å². The monoisotopic (exact) mass is 226 g/mol. The molecule has 0 bridgehead atoms. The van der Waals surface area contributed by atoms with Gasteiger partial charge in [-0.2, -0.15) is 4.80 Å². The Balaban J connectivity index is 2.77. The number of carbonyl (C=O) groups is 1. The second-order valence-corrected chi connectivity index (χ2v) is 3.70. The van der Waals surface area contributed by atoms with Crippen molar-refractivity contribution in [2.24, 2.45) is 7.05 Å². The molecule has 1 aromatic heterocycles. The maximum atomic E-state index is 12.1. The minimum Gasteiger partial charge on any atom is -0.370 e. The van der Waals surface area contributed by atoms with Crippen LogP contribution in [0.5, 0.6) is 0 Å². The molecule has 0 fully saturated rings. The zero-order chi connectivity index (χ0) is 12.2. The first-order valence-electron chi connectivity index (χ1n) is 5.39. The van der Waals surface area contributed by atoms with Crippen molar-refractivity contribution >= 4 is 5.78 Å². The van der Waals surface area contributed by atoms with Crippen LogP contribution in [0.4, 0.5) is 0 Å². The predicted octanol–water partition coefficient (Wildman–Crippen LogP) is 0.527. The summed E-state index contributed by atoms with van der Waals surface area (Å²) in [4.78, 5) is 13.4. The van der Waals surface area contributed by atoms with Crippen LogP contribution in [0.1, 0.15) is 32.5 Å². The molecule has 0 atom stereocenters. The summed E-state index contributed by atoms with van der Waals surface area (Å²) >= 11 is 0. The Morgan fingerprint density at radius 1 is 1.44 bits per heavy atom. The van der Waals surface area contributed by atoms with Crippen molar-refractivity contribution in [2.45, 2.75) is 38.7 Å². The SMILES string of the molecule is CCC(CC)(OC)C(=O)Cc1nnn(C)n1. The molecule has 1 aromatic rings. The minimum absolute atomic E-state index is 0.00741. The van der Waals surface area contributed by atoms with Crippen LogP contribution < -0.4 is 0 Å². The topological polar surface area (TPSA) is 69.9 Å². The molecule has 90 valence electrons. The maximum absolute atomic E-state index is 12.1. The van der Waals surface area contributed by atoms with E-state index in [-0.39, 0.29) is 12.2 Å². The Morgan fingerprint density at radius 3 is 2.44 bits per heavy atom. The lowest BCUT2D eigenvalue weighted by atomic mass is 9.90. The van der Waals surface area contributed by atoms with Crippen LogP contribution in [0.3, 0.4) is 0 Å². The van der Waals surface area contributed by atoms with E-state index in [1.165, 1.54) is 4.80 Å². The number of Topliss-reactive ketones (excluding diaryl/α,β-unsaturated/α-hetero) is 1. The van der Waals surface area contributed by atoms with E-state index in [1.54, 1.807) is 14.2 Å². The highest BCUT2D eigenvalue weighted by atomic mass is 16.5. The van der Waals surface area contributed by atoms with Crippen LogP contribution in [0, 0.1) is 0 Å². The van der Waals surface area contributed by atoms with Gasteiger partial charge in [-0.05, 0) is 18.1 Å². The summed E-state index contributed by atoms with van der Waals surface area (Å²) < 4.78 is 5.34. The van der Waals surface area contributed by atoms with E-state index < -0.39 is 5.60 Å². The number of methoxy groups -OCH3 is 1. The largest absolute Gasteiger partial charge is 0.370 e. The molecule has 0 unspecified atom stereocenters. The van der Waals surface area contributed by atoms with Gasteiger partial charge in [0, 0.05) is 7.11 Å². The van der Waals surface area contributed by atoms with E-state index in [0.717, 1.165) is 0 Å². The average Bonchev–Trinajstić information content (AvgIpc) is 2.67. The van der Waals surface area contributed by atoms with Crippen LogP contribution >= 0.6 is 0 Å². The van der Waals surface area contributed by atoms with Crippen LogP contribution in [-0.2, 0) is 23.0 Å². The average molecular weight is 226 g/mol.